The molecule has 0 spiro atoms. The topological polar surface area (TPSA) is 167 Å². The van der Waals surface area contributed by atoms with Crippen LogP contribution in [-0.4, -0.2) is 63.1 Å². The van der Waals surface area contributed by atoms with E-state index in [9.17, 15) is 18.9 Å². The number of nitrogens with zero attached hydrogens (tertiary/aromatic N) is 3. The van der Waals surface area contributed by atoms with Crippen LogP contribution in [0.3, 0.4) is 0 Å². The molecular formula is C15H22N3O9P. The summed E-state index contributed by atoms with van der Waals surface area (Å²) in [5.74, 6) is -1.66. The number of aliphatic carboxylic acids is 1. The van der Waals surface area contributed by atoms with E-state index in [0.717, 1.165) is 4.90 Å². The molecule has 1 heterocycles. The van der Waals surface area contributed by atoms with Crippen molar-refractivity contribution in [2.75, 3.05) is 25.3 Å². The lowest BCUT2D eigenvalue weighted by Gasteiger charge is -2.25. The van der Waals surface area contributed by atoms with Crippen LogP contribution in [0.5, 0.6) is 0 Å². The number of pyridine rings is 1. The first-order chi connectivity index (χ1) is 12.9. The van der Waals surface area contributed by atoms with Gasteiger partial charge in [-0.05, 0) is 6.07 Å². The fourth-order valence-corrected chi connectivity index (χ4v) is 2.33. The summed E-state index contributed by atoms with van der Waals surface area (Å²) in [6.07, 6.45) is 0.264. The van der Waals surface area contributed by atoms with Crippen LogP contribution in [0.1, 0.15) is 19.4 Å². The Bertz CT molecular complexity index is 765. The molecule has 3 N–H and O–H groups in total. The molecule has 0 aliphatic rings. The van der Waals surface area contributed by atoms with E-state index >= 15 is 0 Å². The van der Waals surface area contributed by atoms with Crippen LogP contribution in [0.15, 0.2) is 18.3 Å². The molecule has 28 heavy (non-hydrogen) atoms. The van der Waals surface area contributed by atoms with Crippen LogP contribution in [0.4, 0.5) is 10.6 Å². The molecule has 0 saturated carbocycles. The maximum absolute atomic E-state index is 12.2. The van der Waals surface area contributed by atoms with Crippen LogP contribution in [0.2, 0.25) is 0 Å². The van der Waals surface area contributed by atoms with Crippen LogP contribution < -0.4 is 4.90 Å². The van der Waals surface area contributed by atoms with Crippen molar-refractivity contribution < 1.29 is 43.1 Å². The van der Waals surface area contributed by atoms with E-state index in [1.165, 1.54) is 18.1 Å². The Morgan fingerprint density at radius 3 is 2.46 bits per heavy atom. The highest BCUT2D eigenvalue weighted by Crippen LogP contribution is 2.35. The number of amides is 2. The molecule has 2 amide bonds. The van der Waals surface area contributed by atoms with E-state index in [-0.39, 0.29) is 24.2 Å². The summed E-state index contributed by atoms with van der Waals surface area (Å²) in [6.45, 7) is 1.31. The second-order valence-electron chi connectivity index (χ2n) is 5.94. The average molecular weight is 419 g/mol. The fourth-order valence-electron chi connectivity index (χ4n) is 2.14. The molecule has 13 heteroatoms. The molecule has 1 rings (SSSR count). The Morgan fingerprint density at radius 1 is 1.29 bits per heavy atom. The smallest absolute Gasteiger partial charge is 0.472 e. The predicted molar refractivity (Wildman–Crippen MR) is 95.0 cm³/mol. The summed E-state index contributed by atoms with van der Waals surface area (Å²) in [6, 6.07) is 3.11. The minimum Gasteiger partial charge on any atom is -0.480 e. The van der Waals surface area contributed by atoms with Gasteiger partial charge >= 0.3 is 19.9 Å². The van der Waals surface area contributed by atoms with Gasteiger partial charge in [-0.3, -0.25) is 19.4 Å². The van der Waals surface area contributed by atoms with Gasteiger partial charge < -0.3 is 19.6 Å². The highest BCUT2D eigenvalue weighted by atomic mass is 31.2. The van der Waals surface area contributed by atoms with E-state index in [1.54, 1.807) is 26.0 Å². The third kappa shape index (κ3) is 7.61. The second kappa shape index (κ2) is 10.1. The molecule has 0 radical (unpaired) electrons. The van der Waals surface area contributed by atoms with Gasteiger partial charge in [0.2, 0.25) is 12.7 Å². The SMILES string of the molecule is CC(C)C(=O)N(C)c1ncccc1CN(CC(=O)O)C(=O)OCOP(=O)(O)O. The lowest BCUT2D eigenvalue weighted by Crippen LogP contribution is -2.37. The van der Waals surface area contributed by atoms with Crippen LogP contribution in [0.25, 0.3) is 0 Å². The Labute approximate surface area is 160 Å². The fraction of sp³-hybridized carbons (Fsp3) is 0.467. The zero-order chi connectivity index (χ0) is 21.5. The zero-order valence-electron chi connectivity index (χ0n) is 15.5. The lowest BCUT2D eigenvalue weighted by molar-refractivity contribution is -0.138. The summed E-state index contributed by atoms with van der Waals surface area (Å²) in [7, 11) is -3.35. The minimum absolute atomic E-state index is 0.232. The third-order valence-electron chi connectivity index (χ3n) is 3.36. The first-order valence-corrected chi connectivity index (χ1v) is 9.50. The molecular weight excluding hydrogens is 397 g/mol. The van der Waals surface area contributed by atoms with Crippen molar-refractivity contribution in [2.45, 2.75) is 20.4 Å². The van der Waals surface area contributed by atoms with Crippen molar-refractivity contribution in [3.8, 4) is 0 Å². The van der Waals surface area contributed by atoms with E-state index in [4.69, 9.17) is 14.9 Å². The van der Waals surface area contributed by atoms with E-state index in [0.29, 0.717) is 5.56 Å². The summed E-state index contributed by atoms with van der Waals surface area (Å²) in [5.41, 5.74) is 0.369. The Kier molecular flexibility index (Phi) is 8.51. The number of phosphoric ester groups is 1. The van der Waals surface area contributed by atoms with Gasteiger partial charge in [-0.1, -0.05) is 19.9 Å². The van der Waals surface area contributed by atoms with Gasteiger partial charge in [-0.2, -0.15) is 0 Å². The molecule has 0 saturated heterocycles. The minimum atomic E-state index is -4.85. The van der Waals surface area contributed by atoms with Crippen LogP contribution >= 0.6 is 7.82 Å². The molecule has 0 bridgehead atoms. The van der Waals surface area contributed by atoms with Gasteiger partial charge in [0.1, 0.15) is 12.4 Å². The van der Waals surface area contributed by atoms with Crippen molar-refractivity contribution >= 4 is 31.6 Å². The van der Waals surface area contributed by atoms with E-state index in [2.05, 4.69) is 14.2 Å². The number of hydrogen-bond acceptors (Lipinski definition) is 7. The number of rotatable bonds is 9. The molecule has 1 aromatic rings. The Morgan fingerprint density at radius 2 is 1.93 bits per heavy atom. The van der Waals surface area contributed by atoms with Gasteiger partial charge in [0.15, 0.2) is 0 Å². The Hall–Kier alpha value is -2.53. The predicted octanol–water partition coefficient (Wildman–Crippen LogP) is 0.790. The van der Waals surface area contributed by atoms with Crippen molar-refractivity contribution in [3.63, 3.8) is 0 Å². The van der Waals surface area contributed by atoms with Gasteiger partial charge in [0, 0.05) is 24.7 Å². The first kappa shape index (κ1) is 23.5. The maximum atomic E-state index is 12.2. The summed E-state index contributed by atoms with van der Waals surface area (Å²) in [5, 5.41) is 9.02. The van der Waals surface area contributed by atoms with E-state index in [1.807, 2.05) is 0 Å². The Balaban J connectivity index is 3.01. The summed E-state index contributed by atoms with van der Waals surface area (Å²) in [4.78, 5) is 58.7. The molecule has 1 aromatic heterocycles. The van der Waals surface area contributed by atoms with Crippen molar-refractivity contribution in [1.29, 1.82) is 0 Å². The van der Waals surface area contributed by atoms with Gasteiger partial charge in [0.05, 0.1) is 6.54 Å². The van der Waals surface area contributed by atoms with Crippen molar-refractivity contribution in [3.05, 3.63) is 23.9 Å². The summed E-state index contributed by atoms with van der Waals surface area (Å²) < 4.78 is 19.2. The molecule has 0 aromatic carbocycles. The maximum Gasteiger partial charge on any atom is 0.472 e. The first-order valence-electron chi connectivity index (χ1n) is 7.97. The zero-order valence-corrected chi connectivity index (χ0v) is 16.4. The van der Waals surface area contributed by atoms with Crippen LogP contribution in [0, 0.1) is 5.92 Å². The molecule has 0 aliphatic heterocycles. The molecule has 12 nitrogen and oxygen atoms in total. The molecule has 0 fully saturated rings. The van der Waals surface area contributed by atoms with Gasteiger partial charge in [-0.25, -0.2) is 18.9 Å². The van der Waals surface area contributed by atoms with Gasteiger partial charge in [0.25, 0.3) is 0 Å². The average Bonchev–Trinajstić information content (AvgIpc) is 2.58. The largest absolute Gasteiger partial charge is 0.480 e. The number of carbonyl (C=O) groups excluding carboxylic acids is 2. The monoisotopic (exact) mass is 419 g/mol. The van der Waals surface area contributed by atoms with Gasteiger partial charge in [-0.15, -0.1) is 0 Å². The van der Waals surface area contributed by atoms with Crippen molar-refractivity contribution in [2.24, 2.45) is 5.92 Å². The number of phosphoric acid groups is 1. The molecule has 0 unspecified atom stereocenters. The number of ether oxygens (including phenoxy) is 1. The number of aromatic nitrogens is 1. The van der Waals surface area contributed by atoms with Crippen LogP contribution in [-0.2, 0) is 30.0 Å². The highest BCUT2D eigenvalue weighted by molar-refractivity contribution is 7.46. The third-order valence-corrected chi connectivity index (χ3v) is 3.80. The number of hydrogen-bond donors (Lipinski definition) is 3. The lowest BCUT2D eigenvalue weighted by atomic mass is 10.1. The quantitative estimate of drug-likeness (QED) is 0.384. The molecule has 0 aliphatic carbocycles. The normalized spacial score (nSPS) is 11.2. The number of anilines is 1. The number of carboxylic acids is 1. The van der Waals surface area contributed by atoms with E-state index < -0.39 is 33.2 Å². The molecule has 0 atom stereocenters. The second-order valence-corrected chi connectivity index (χ2v) is 7.18. The highest BCUT2D eigenvalue weighted by Gasteiger charge is 2.24. The summed E-state index contributed by atoms with van der Waals surface area (Å²) >= 11 is 0. The number of carboxylic acid groups (broad SMARTS) is 1. The van der Waals surface area contributed by atoms with Crippen molar-refractivity contribution in [1.82, 2.24) is 9.88 Å². The number of carbonyl (C=O) groups is 3. The standard InChI is InChI=1S/C15H22N3O9P/c1-10(2)14(21)17(3)13-11(5-4-6-16-13)7-18(8-12(19)20)15(22)26-9-27-28(23,24)25/h4-6,10H,7-9H2,1-3H3,(H,19,20)(H2,23,24,25). The molecule has 156 valence electrons.